The van der Waals surface area contributed by atoms with Crippen molar-refractivity contribution in [3.63, 3.8) is 0 Å². The molecule has 4 heteroatoms. The summed E-state index contributed by atoms with van der Waals surface area (Å²) in [7, 11) is 0. The molecule has 0 unspecified atom stereocenters. The molecule has 2 rings (SSSR count). The van der Waals surface area contributed by atoms with E-state index in [0.29, 0.717) is 12.3 Å². The minimum atomic E-state index is -0.276. The molecule has 1 fully saturated rings. The number of aliphatic hydroxyl groups excluding tert-OH is 1. The summed E-state index contributed by atoms with van der Waals surface area (Å²) < 4.78 is 0. The lowest BCUT2D eigenvalue weighted by atomic mass is 9.64. The molecule has 22 heavy (non-hydrogen) atoms. The first-order valence-electron chi connectivity index (χ1n) is 8.15. The Bertz CT molecular complexity index is 492. The van der Waals surface area contributed by atoms with E-state index in [4.69, 9.17) is 0 Å². The van der Waals surface area contributed by atoms with Crippen LogP contribution in [0.15, 0.2) is 24.3 Å². The molecule has 1 aliphatic carbocycles. The number of benzene rings is 1. The van der Waals surface area contributed by atoms with Gasteiger partial charge >= 0.3 is 0 Å². The van der Waals surface area contributed by atoms with E-state index in [9.17, 15) is 15.0 Å². The van der Waals surface area contributed by atoms with Crippen LogP contribution in [0.3, 0.4) is 0 Å². The van der Waals surface area contributed by atoms with Gasteiger partial charge in [0, 0.05) is 5.41 Å². The van der Waals surface area contributed by atoms with E-state index in [1.165, 1.54) is 0 Å². The normalized spacial score (nSPS) is 17.8. The Hall–Kier alpha value is -1.55. The molecule has 0 spiro atoms. The van der Waals surface area contributed by atoms with E-state index >= 15 is 0 Å². The average Bonchev–Trinajstić information content (AvgIpc) is 2.44. The second-order valence-electron chi connectivity index (χ2n) is 6.96. The Kier molecular flexibility index (Phi) is 5.46. The minimum absolute atomic E-state index is 0.0790. The maximum atomic E-state index is 12.6. The molecule has 0 aromatic heterocycles. The van der Waals surface area contributed by atoms with Gasteiger partial charge in [-0.15, -0.1) is 0 Å². The Labute approximate surface area is 132 Å². The number of aromatic hydroxyl groups is 1. The number of hydrogen-bond acceptors (Lipinski definition) is 3. The van der Waals surface area contributed by atoms with E-state index in [-0.39, 0.29) is 29.7 Å². The lowest BCUT2D eigenvalue weighted by Crippen LogP contribution is -2.51. The second-order valence-corrected chi connectivity index (χ2v) is 6.96. The van der Waals surface area contributed by atoms with Crippen LogP contribution in [0.25, 0.3) is 0 Å². The zero-order valence-electron chi connectivity index (χ0n) is 13.5. The van der Waals surface area contributed by atoms with Crippen molar-refractivity contribution in [2.24, 2.45) is 11.3 Å². The van der Waals surface area contributed by atoms with Crippen LogP contribution < -0.4 is 5.32 Å². The van der Waals surface area contributed by atoms with Crippen molar-refractivity contribution in [2.75, 3.05) is 6.61 Å². The van der Waals surface area contributed by atoms with Gasteiger partial charge in [-0.1, -0.05) is 32.4 Å². The van der Waals surface area contributed by atoms with Crippen LogP contribution >= 0.6 is 0 Å². The van der Waals surface area contributed by atoms with Gasteiger partial charge in [0.1, 0.15) is 5.75 Å². The fraction of sp³-hybridized carbons (Fsp3) is 0.611. The molecule has 122 valence electrons. The Morgan fingerprint density at radius 3 is 2.36 bits per heavy atom. The largest absolute Gasteiger partial charge is 0.508 e. The molecule has 0 bridgehead atoms. The molecular formula is C18H27NO3. The van der Waals surface area contributed by atoms with Gasteiger partial charge in [0.15, 0.2) is 0 Å². The molecule has 1 atom stereocenters. The number of phenols is 1. The number of carbonyl (C=O) groups excluding carboxylic acids is 1. The van der Waals surface area contributed by atoms with Gasteiger partial charge in [-0.2, -0.15) is 0 Å². The number of nitrogens with one attached hydrogen (secondary N) is 1. The van der Waals surface area contributed by atoms with Crippen LogP contribution in [0.1, 0.15) is 45.1 Å². The summed E-state index contributed by atoms with van der Waals surface area (Å²) in [6, 6.07) is 6.60. The molecule has 1 saturated carbocycles. The van der Waals surface area contributed by atoms with Gasteiger partial charge in [-0.25, -0.2) is 0 Å². The summed E-state index contributed by atoms with van der Waals surface area (Å²) in [4.78, 5) is 12.6. The third-order valence-corrected chi connectivity index (χ3v) is 4.57. The molecule has 0 heterocycles. The number of hydrogen-bond donors (Lipinski definition) is 3. The van der Waals surface area contributed by atoms with E-state index in [1.807, 2.05) is 12.1 Å². The zero-order chi connectivity index (χ0) is 16.2. The first kappa shape index (κ1) is 16.8. The highest BCUT2D eigenvalue weighted by molar-refractivity contribution is 5.83. The maximum absolute atomic E-state index is 12.6. The van der Waals surface area contributed by atoms with Crippen LogP contribution in [0.2, 0.25) is 0 Å². The smallest absolute Gasteiger partial charge is 0.226 e. The average molecular weight is 305 g/mol. The maximum Gasteiger partial charge on any atom is 0.226 e. The van der Waals surface area contributed by atoms with E-state index in [1.54, 1.807) is 12.1 Å². The van der Waals surface area contributed by atoms with Crippen molar-refractivity contribution in [3.8, 4) is 5.75 Å². The highest BCUT2D eigenvalue weighted by Crippen LogP contribution is 2.46. The minimum Gasteiger partial charge on any atom is -0.508 e. The first-order chi connectivity index (χ1) is 10.4. The van der Waals surface area contributed by atoms with Gasteiger partial charge in [-0.3, -0.25) is 4.79 Å². The van der Waals surface area contributed by atoms with Crippen molar-refractivity contribution in [1.82, 2.24) is 5.32 Å². The molecule has 0 saturated heterocycles. The molecule has 4 nitrogen and oxygen atoms in total. The van der Waals surface area contributed by atoms with E-state index < -0.39 is 0 Å². The van der Waals surface area contributed by atoms with Crippen molar-refractivity contribution < 1.29 is 15.0 Å². The third kappa shape index (κ3) is 4.01. The summed E-state index contributed by atoms with van der Waals surface area (Å²) >= 11 is 0. The first-order valence-corrected chi connectivity index (χ1v) is 8.15. The highest BCUT2D eigenvalue weighted by atomic mass is 16.3. The lowest BCUT2D eigenvalue weighted by Gasteiger charge is -2.42. The van der Waals surface area contributed by atoms with Crippen LogP contribution in [0.5, 0.6) is 5.75 Å². The van der Waals surface area contributed by atoms with Crippen molar-refractivity contribution >= 4 is 5.91 Å². The summed E-state index contributed by atoms with van der Waals surface area (Å²) in [6.07, 6.45) is 4.50. The Morgan fingerprint density at radius 1 is 1.27 bits per heavy atom. The van der Waals surface area contributed by atoms with Crippen LogP contribution in [0.4, 0.5) is 0 Å². The summed E-state index contributed by atoms with van der Waals surface area (Å²) in [5.41, 5.74) is 0.764. The van der Waals surface area contributed by atoms with Gasteiger partial charge in [-0.05, 0) is 49.3 Å². The predicted octanol–water partition coefficient (Wildman–Crippen LogP) is 2.63. The van der Waals surface area contributed by atoms with Crippen LogP contribution in [-0.2, 0) is 11.2 Å². The third-order valence-electron chi connectivity index (χ3n) is 4.57. The topological polar surface area (TPSA) is 69.6 Å². The highest BCUT2D eigenvalue weighted by Gasteiger charge is 2.44. The van der Waals surface area contributed by atoms with Crippen LogP contribution in [-0.4, -0.2) is 28.8 Å². The molecule has 1 aromatic carbocycles. The van der Waals surface area contributed by atoms with E-state index in [0.717, 1.165) is 31.2 Å². The van der Waals surface area contributed by atoms with Crippen molar-refractivity contribution in [3.05, 3.63) is 29.8 Å². The molecular weight excluding hydrogens is 278 g/mol. The summed E-state index contributed by atoms with van der Waals surface area (Å²) in [6.45, 7) is 4.21. The molecule has 1 aromatic rings. The number of rotatable bonds is 7. The quantitative estimate of drug-likeness (QED) is 0.725. The lowest BCUT2D eigenvalue weighted by molar-refractivity contribution is -0.138. The monoisotopic (exact) mass is 305 g/mol. The number of carbonyl (C=O) groups is 1. The molecule has 1 aliphatic rings. The number of amides is 1. The molecule has 0 aliphatic heterocycles. The zero-order valence-corrected chi connectivity index (χ0v) is 13.5. The van der Waals surface area contributed by atoms with Crippen molar-refractivity contribution in [2.45, 2.75) is 52.0 Å². The fourth-order valence-corrected chi connectivity index (χ4v) is 3.33. The summed E-state index contributed by atoms with van der Waals surface area (Å²) in [5.74, 6) is 0.805. The predicted molar refractivity (Wildman–Crippen MR) is 86.6 cm³/mol. The number of aliphatic hydroxyl groups is 1. The van der Waals surface area contributed by atoms with Gasteiger partial charge < -0.3 is 15.5 Å². The van der Waals surface area contributed by atoms with Gasteiger partial charge in [0.25, 0.3) is 0 Å². The Morgan fingerprint density at radius 2 is 1.91 bits per heavy atom. The van der Waals surface area contributed by atoms with Crippen molar-refractivity contribution in [1.29, 1.82) is 0 Å². The van der Waals surface area contributed by atoms with Gasteiger partial charge in [0.2, 0.25) is 5.91 Å². The van der Waals surface area contributed by atoms with Gasteiger partial charge in [0.05, 0.1) is 12.6 Å². The second kappa shape index (κ2) is 7.14. The fourth-order valence-electron chi connectivity index (χ4n) is 3.33. The molecule has 1 amide bonds. The summed E-state index contributed by atoms with van der Waals surface area (Å²) in [5, 5.41) is 21.9. The van der Waals surface area contributed by atoms with E-state index in [2.05, 4.69) is 19.2 Å². The Balaban J connectivity index is 1.97. The standard InChI is InChI=1S/C18H27NO3/c1-13(2)11-18(8-3-9-18)17(22)19-15(12-20)10-14-4-6-16(21)7-5-14/h4-7,13,15,20-21H,3,8-12H2,1-2H3,(H,19,22)/t15-/m0/s1. The van der Waals surface area contributed by atoms with Crippen LogP contribution in [0, 0.1) is 11.3 Å². The number of phenolic OH excluding ortho intramolecular Hbond substituents is 1. The SMILES string of the molecule is CC(C)CC1(C(=O)N[C@H](CO)Cc2ccc(O)cc2)CCC1. The molecule has 3 N–H and O–H groups in total. The molecule has 0 radical (unpaired) electrons.